The predicted octanol–water partition coefficient (Wildman–Crippen LogP) is 1.21. The fraction of sp³-hybridized carbons (Fsp3) is 0.500. The summed E-state index contributed by atoms with van der Waals surface area (Å²) in [7, 11) is -0.693. The molecular formula is C16H21BO6. The van der Waals surface area contributed by atoms with Crippen molar-refractivity contribution in [1.82, 2.24) is 0 Å². The molecule has 6 nitrogen and oxygen atoms in total. The molecule has 1 saturated heterocycles. The zero-order valence-corrected chi connectivity index (χ0v) is 13.7. The first kappa shape index (κ1) is 17.5. The van der Waals surface area contributed by atoms with Crippen LogP contribution in [0.3, 0.4) is 0 Å². The van der Waals surface area contributed by atoms with Crippen molar-refractivity contribution in [2.45, 2.75) is 20.8 Å². The number of carbonyl (C=O) groups is 2. The van der Waals surface area contributed by atoms with Gasteiger partial charge in [0, 0.05) is 29.7 Å². The Bertz CT molecular complexity index is 562. The largest absolute Gasteiger partial charge is 0.498 e. The van der Waals surface area contributed by atoms with Gasteiger partial charge in [0.2, 0.25) is 0 Å². The summed E-state index contributed by atoms with van der Waals surface area (Å²) in [5.74, 6) is -0.0890. The minimum Gasteiger partial charge on any atom is -0.482 e. The third-order valence-electron chi connectivity index (χ3n) is 3.36. The summed E-state index contributed by atoms with van der Waals surface area (Å²) < 4.78 is 21.8. The van der Waals surface area contributed by atoms with Crippen molar-refractivity contribution in [3.05, 3.63) is 23.8 Å². The Balaban J connectivity index is 2.19. The van der Waals surface area contributed by atoms with Gasteiger partial charge in [0.05, 0.1) is 6.61 Å². The van der Waals surface area contributed by atoms with Crippen molar-refractivity contribution in [3.8, 4) is 5.75 Å². The molecule has 7 heteroatoms. The van der Waals surface area contributed by atoms with Crippen LogP contribution in [0.4, 0.5) is 0 Å². The molecule has 1 aromatic carbocycles. The Morgan fingerprint density at radius 2 is 2.04 bits per heavy atom. The first-order valence-electron chi connectivity index (χ1n) is 7.56. The van der Waals surface area contributed by atoms with Gasteiger partial charge in [-0.25, -0.2) is 4.79 Å². The zero-order valence-electron chi connectivity index (χ0n) is 13.7. The number of ether oxygens (including phenoxy) is 2. The van der Waals surface area contributed by atoms with Gasteiger partial charge in [0.1, 0.15) is 12.0 Å². The van der Waals surface area contributed by atoms with Gasteiger partial charge in [-0.15, -0.1) is 0 Å². The standard InChI is InChI=1S/C16H21BO6/c1-4-20-14(19)9-21-13-7-5-6-12(8-18)15(13)17-22-10-16(2,3)11-23-17/h5-8H,4,9-11H2,1-3H3. The summed E-state index contributed by atoms with van der Waals surface area (Å²) in [6.07, 6.45) is 0.721. The van der Waals surface area contributed by atoms with E-state index in [9.17, 15) is 9.59 Å². The normalized spacial score (nSPS) is 16.7. The lowest BCUT2D eigenvalue weighted by molar-refractivity contribution is -0.145. The van der Waals surface area contributed by atoms with Crippen LogP contribution in [0.2, 0.25) is 0 Å². The molecule has 1 heterocycles. The number of rotatable bonds is 6. The highest BCUT2D eigenvalue weighted by Gasteiger charge is 2.36. The van der Waals surface area contributed by atoms with E-state index >= 15 is 0 Å². The fourth-order valence-corrected chi connectivity index (χ4v) is 2.24. The molecule has 0 radical (unpaired) electrons. The van der Waals surface area contributed by atoms with E-state index in [0.717, 1.165) is 6.29 Å². The van der Waals surface area contributed by atoms with Crippen LogP contribution in [-0.2, 0) is 18.8 Å². The fourth-order valence-electron chi connectivity index (χ4n) is 2.24. The lowest BCUT2D eigenvalue weighted by Crippen LogP contribution is -2.49. The lowest BCUT2D eigenvalue weighted by atomic mass is 9.73. The monoisotopic (exact) mass is 320 g/mol. The summed E-state index contributed by atoms with van der Waals surface area (Å²) in [6.45, 7) is 6.85. The molecule has 0 atom stereocenters. The van der Waals surface area contributed by atoms with E-state index in [2.05, 4.69) is 0 Å². The number of hydrogen-bond acceptors (Lipinski definition) is 6. The SMILES string of the molecule is CCOC(=O)COc1cccc(C=O)c1B1OCC(C)(C)CO1. The minimum atomic E-state index is -0.693. The Morgan fingerprint density at radius 1 is 1.35 bits per heavy atom. The van der Waals surface area contributed by atoms with E-state index in [0.29, 0.717) is 30.0 Å². The molecule has 1 aliphatic rings. The highest BCUT2D eigenvalue weighted by Crippen LogP contribution is 2.23. The van der Waals surface area contributed by atoms with Gasteiger partial charge < -0.3 is 18.8 Å². The second-order valence-corrected chi connectivity index (χ2v) is 6.09. The van der Waals surface area contributed by atoms with E-state index in [4.69, 9.17) is 18.8 Å². The number of hydrogen-bond donors (Lipinski definition) is 0. The van der Waals surface area contributed by atoms with Gasteiger partial charge in [-0.1, -0.05) is 26.0 Å². The smallest absolute Gasteiger partial charge is 0.482 e. The molecular weight excluding hydrogens is 299 g/mol. The molecule has 0 aromatic heterocycles. The molecule has 1 fully saturated rings. The maximum absolute atomic E-state index is 11.5. The second kappa shape index (κ2) is 7.61. The molecule has 0 amide bonds. The third kappa shape index (κ3) is 4.56. The van der Waals surface area contributed by atoms with E-state index in [-0.39, 0.29) is 18.6 Å². The van der Waals surface area contributed by atoms with E-state index < -0.39 is 13.1 Å². The topological polar surface area (TPSA) is 71.1 Å². The maximum Gasteiger partial charge on any atom is 0.498 e. The Labute approximate surface area is 136 Å². The first-order chi connectivity index (χ1) is 11.0. The summed E-state index contributed by atoms with van der Waals surface area (Å²) in [5, 5.41) is 0. The van der Waals surface area contributed by atoms with Crippen LogP contribution in [0.15, 0.2) is 18.2 Å². The van der Waals surface area contributed by atoms with Gasteiger partial charge in [0.15, 0.2) is 6.61 Å². The highest BCUT2D eigenvalue weighted by atomic mass is 16.6. The van der Waals surface area contributed by atoms with Crippen LogP contribution in [0.5, 0.6) is 5.75 Å². The molecule has 2 rings (SSSR count). The van der Waals surface area contributed by atoms with Crippen molar-refractivity contribution in [2.24, 2.45) is 5.41 Å². The van der Waals surface area contributed by atoms with Crippen LogP contribution in [0.25, 0.3) is 0 Å². The third-order valence-corrected chi connectivity index (χ3v) is 3.36. The molecule has 1 aromatic rings. The van der Waals surface area contributed by atoms with Gasteiger partial charge >= 0.3 is 13.1 Å². The molecule has 0 aliphatic carbocycles. The zero-order chi connectivity index (χ0) is 16.9. The van der Waals surface area contributed by atoms with Crippen molar-refractivity contribution in [2.75, 3.05) is 26.4 Å². The lowest BCUT2D eigenvalue weighted by Gasteiger charge is -2.33. The van der Waals surface area contributed by atoms with Crippen LogP contribution in [0, 0.1) is 5.41 Å². The number of carbonyl (C=O) groups excluding carboxylic acids is 2. The van der Waals surface area contributed by atoms with E-state index in [1.165, 1.54) is 0 Å². The van der Waals surface area contributed by atoms with E-state index in [1.54, 1.807) is 25.1 Å². The van der Waals surface area contributed by atoms with Gasteiger partial charge in [0.25, 0.3) is 0 Å². The van der Waals surface area contributed by atoms with Crippen molar-refractivity contribution in [3.63, 3.8) is 0 Å². The van der Waals surface area contributed by atoms with Gasteiger partial charge in [-0.2, -0.15) is 0 Å². The molecule has 0 N–H and O–H groups in total. The maximum atomic E-state index is 11.5. The summed E-state index contributed by atoms with van der Waals surface area (Å²) in [4.78, 5) is 22.8. The Morgan fingerprint density at radius 3 is 2.65 bits per heavy atom. The van der Waals surface area contributed by atoms with Crippen LogP contribution >= 0.6 is 0 Å². The molecule has 1 aliphatic heterocycles. The molecule has 0 saturated carbocycles. The van der Waals surface area contributed by atoms with Crippen molar-refractivity contribution in [1.29, 1.82) is 0 Å². The number of aldehydes is 1. The second-order valence-electron chi connectivity index (χ2n) is 6.09. The molecule has 0 bridgehead atoms. The number of esters is 1. The van der Waals surface area contributed by atoms with Crippen molar-refractivity contribution >= 4 is 24.8 Å². The average Bonchev–Trinajstić information content (AvgIpc) is 2.53. The summed E-state index contributed by atoms with van der Waals surface area (Å²) in [5.41, 5.74) is 0.830. The summed E-state index contributed by atoms with van der Waals surface area (Å²) in [6, 6.07) is 5.01. The van der Waals surface area contributed by atoms with Gasteiger partial charge in [-0.3, -0.25) is 4.79 Å². The average molecular weight is 320 g/mol. The number of benzene rings is 1. The molecule has 0 unspecified atom stereocenters. The van der Waals surface area contributed by atoms with E-state index in [1.807, 2.05) is 13.8 Å². The van der Waals surface area contributed by atoms with Crippen LogP contribution in [0.1, 0.15) is 31.1 Å². The van der Waals surface area contributed by atoms with Crippen LogP contribution in [-0.4, -0.2) is 45.8 Å². The summed E-state index contributed by atoms with van der Waals surface area (Å²) >= 11 is 0. The van der Waals surface area contributed by atoms with Gasteiger partial charge in [-0.05, 0) is 13.0 Å². The quantitative estimate of drug-likeness (QED) is 0.446. The molecule has 124 valence electrons. The predicted molar refractivity (Wildman–Crippen MR) is 85.0 cm³/mol. The molecule has 23 heavy (non-hydrogen) atoms. The molecule has 0 spiro atoms. The van der Waals surface area contributed by atoms with Crippen LogP contribution < -0.4 is 10.2 Å². The Hall–Kier alpha value is -1.86. The highest BCUT2D eigenvalue weighted by molar-refractivity contribution is 6.63. The van der Waals surface area contributed by atoms with Crippen molar-refractivity contribution < 1.29 is 28.4 Å². The first-order valence-corrected chi connectivity index (χ1v) is 7.56. The minimum absolute atomic E-state index is 0.0847. The Kier molecular flexibility index (Phi) is 5.79.